The van der Waals surface area contributed by atoms with E-state index >= 15 is 0 Å². The molecule has 0 aromatic heterocycles. The van der Waals surface area contributed by atoms with Crippen molar-refractivity contribution >= 4 is 21.4 Å². The lowest BCUT2D eigenvalue weighted by molar-refractivity contribution is 0.102. The van der Waals surface area contributed by atoms with Gasteiger partial charge in [-0.3, -0.25) is 4.79 Å². The molecule has 0 aliphatic carbocycles. The van der Waals surface area contributed by atoms with Crippen LogP contribution in [-0.4, -0.2) is 20.1 Å². The summed E-state index contributed by atoms with van der Waals surface area (Å²) in [7, 11) is -4.87. The molecule has 23 heavy (non-hydrogen) atoms. The summed E-state index contributed by atoms with van der Waals surface area (Å²) in [6, 6.07) is 8.50. The number of para-hydroxylation sites is 1. The summed E-state index contributed by atoms with van der Waals surface area (Å²) in [5.41, 5.74) is -0.0154. The molecule has 0 saturated carbocycles. The third-order valence-corrected chi connectivity index (χ3v) is 4.55. The number of nitrogens with one attached hydrogen (secondary N) is 1. The van der Waals surface area contributed by atoms with Crippen molar-refractivity contribution in [3.05, 3.63) is 59.4 Å². The molecule has 0 heterocycles. The van der Waals surface area contributed by atoms with Gasteiger partial charge in [-0.15, -0.1) is 0 Å². The average Bonchev–Trinajstić information content (AvgIpc) is 2.50. The topological polar surface area (TPSA) is 63.2 Å². The highest BCUT2D eigenvalue weighted by molar-refractivity contribution is 7.91. The Bertz CT molecular complexity index is 851. The van der Waals surface area contributed by atoms with Crippen LogP contribution >= 0.6 is 0 Å². The molecule has 0 aliphatic heterocycles. The molecule has 2 rings (SSSR count). The number of sulfone groups is 1. The van der Waals surface area contributed by atoms with Crippen LogP contribution in [0, 0.1) is 12.7 Å². The Morgan fingerprint density at radius 1 is 1.13 bits per heavy atom. The zero-order valence-electron chi connectivity index (χ0n) is 11.9. The van der Waals surface area contributed by atoms with Crippen LogP contribution < -0.4 is 5.32 Å². The molecule has 0 unspecified atom stereocenters. The number of rotatable bonds is 4. The van der Waals surface area contributed by atoms with Crippen LogP contribution in [0.4, 0.5) is 18.9 Å². The number of benzene rings is 2. The fraction of sp³-hybridized carbons (Fsp3) is 0.133. The Morgan fingerprint density at radius 3 is 2.39 bits per heavy atom. The van der Waals surface area contributed by atoms with Gasteiger partial charge in [0.2, 0.25) is 9.84 Å². The number of carbonyl (C=O) groups excluding carboxylic acids is 1. The molecule has 2 aromatic carbocycles. The predicted octanol–water partition coefficient (Wildman–Crippen LogP) is 3.38. The second kappa shape index (κ2) is 6.41. The van der Waals surface area contributed by atoms with E-state index in [1.807, 2.05) is 0 Å². The molecule has 0 radical (unpaired) electrons. The van der Waals surface area contributed by atoms with Crippen molar-refractivity contribution < 1.29 is 26.4 Å². The molecule has 1 amide bonds. The maximum absolute atomic E-state index is 13.5. The largest absolute Gasteiger partial charge is 0.341 e. The highest BCUT2D eigenvalue weighted by Gasteiger charge is 2.29. The Balaban J connectivity index is 2.37. The van der Waals surface area contributed by atoms with Crippen LogP contribution in [0.5, 0.6) is 0 Å². The lowest BCUT2D eigenvalue weighted by atomic mass is 10.1. The zero-order chi connectivity index (χ0) is 17.2. The smallest absolute Gasteiger partial charge is 0.321 e. The summed E-state index contributed by atoms with van der Waals surface area (Å²) in [5.74, 6) is -5.02. The summed E-state index contributed by atoms with van der Waals surface area (Å²) in [5, 5.41) is 2.22. The molecule has 2 aromatic rings. The zero-order valence-corrected chi connectivity index (χ0v) is 12.7. The third-order valence-electron chi connectivity index (χ3n) is 3.11. The molecule has 4 nitrogen and oxygen atoms in total. The molecule has 0 atom stereocenters. The molecule has 0 aliphatic rings. The highest BCUT2D eigenvalue weighted by atomic mass is 32.2. The van der Waals surface area contributed by atoms with E-state index in [0.29, 0.717) is 5.56 Å². The first kappa shape index (κ1) is 17.0. The molecule has 0 bridgehead atoms. The fourth-order valence-corrected chi connectivity index (χ4v) is 2.73. The number of amides is 1. The van der Waals surface area contributed by atoms with E-state index in [-0.39, 0.29) is 11.3 Å². The van der Waals surface area contributed by atoms with Gasteiger partial charge in [0.15, 0.2) is 0 Å². The van der Waals surface area contributed by atoms with Crippen molar-refractivity contribution in [2.45, 2.75) is 17.6 Å². The van der Waals surface area contributed by atoms with E-state index in [0.717, 1.165) is 12.1 Å². The van der Waals surface area contributed by atoms with Crippen LogP contribution in [0.1, 0.15) is 15.9 Å². The standard InChI is InChI=1S/C15H12F3NO3S/c1-9-6-7-10(8-11(9)16)14(20)19-12-4-2-3-5-13(12)23(21,22)15(17)18/h2-8,15H,1H3,(H,19,20). The summed E-state index contributed by atoms with van der Waals surface area (Å²) in [4.78, 5) is 11.4. The highest BCUT2D eigenvalue weighted by Crippen LogP contribution is 2.26. The molecular formula is C15H12F3NO3S. The molecular weight excluding hydrogens is 331 g/mol. The van der Waals surface area contributed by atoms with Gasteiger partial charge in [-0.2, -0.15) is 8.78 Å². The number of anilines is 1. The molecule has 0 saturated heterocycles. The van der Waals surface area contributed by atoms with Gasteiger partial charge in [-0.25, -0.2) is 12.8 Å². The Kier molecular flexibility index (Phi) is 4.74. The summed E-state index contributed by atoms with van der Waals surface area (Å²) in [6.07, 6.45) is 0. The molecule has 8 heteroatoms. The van der Waals surface area contributed by atoms with E-state index in [1.165, 1.54) is 37.3 Å². The first-order valence-corrected chi connectivity index (χ1v) is 7.96. The van der Waals surface area contributed by atoms with E-state index in [2.05, 4.69) is 5.32 Å². The minimum atomic E-state index is -4.87. The van der Waals surface area contributed by atoms with Crippen LogP contribution in [-0.2, 0) is 9.84 Å². The van der Waals surface area contributed by atoms with Gasteiger partial charge in [0.25, 0.3) is 5.91 Å². The van der Waals surface area contributed by atoms with Gasteiger partial charge >= 0.3 is 5.76 Å². The van der Waals surface area contributed by atoms with E-state index < -0.39 is 32.2 Å². The van der Waals surface area contributed by atoms with Crippen molar-refractivity contribution in [3.63, 3.8) is 0 Å². The quantitative estimate of drug-likeness (QED) is 0.926. The van der Waals surface area contributed by atoms with Crippen molar-refractivity contribution in [2.24, 2.45) is 0 Å². The minimum Gasteiger partial charge on any atom is -0.321 e. The predicted molar refractivity (Wildman–Crippen MR) is 78.7 cm³/mol. The second-order valence-corrected chi connectivity index (χ2v) is 6.61. The van der Waals surface area contributed by atoms with Gasteiger partial charge < -0.3 is 5.32 Å². The Morgan fingerprint density at radius 2 is 1.78 bits per heavy atom. The number of carbonyl (C=O) groups is 1. The molecule has 1 N–H and O–H groups in total. The van der Waals surface area contributed by atoms with Gasteiger partial charge in [0.05, 0.1) is 10.6 Å². The average molecular weight is 343 g/mol. The van der Waals surface area contributed by atoms with Crippen LogP contribution in [0.25, 0.3) is 0 Å². The fourth-order valence-electron chi connectivity index (χ4n) is 1.84. The Labute approximate surface area is 130 Å². The number of alkyl halides is 2. The van der Waals surface area contributed by atoms with Crippen molar-refractivity contribution in [1.29, 1.82) is 0 Å². The molecule has 0 spiro atoms. The molecule has 0 fully saturated rings. The van der Waals surface area contributed by atoms with Gasteiger partial charge in [0.1, 0.15) is 5.82 Å². The normalized spacial score (nSPS) is 11.5. The third kappa shape index (κ3) is 3.53. The summed E-state index contributed by atoms with van der Waals surface area (Å²) in [6.45, 7) is 1.52. The van der Waals surface area contributed by atoms with E-state index in [9.17, 15) is 26.4 Å². The van der Waals surface area contributed by atoms with Crippen LogP contribution in [0.15, 0.2) is 47.4 Å². The van der Waals surface area contributed by atoms with Crippen LogP contribution in [0.2, 0.25) is 0 Å². The monoisotopic (exact) mass is 343 g/mol. The second-order valence-electron chi connectivity index (χ2n) is 4.72. The van der Waals surface area contributed by atoms with Gasteiger partial charge in [-0.05, 0) is 36.8 Å². The SMILES string of the molecule is Cc1ccc(C(=O)Nc2ccccc2S(=O)(=O)C(F)F)cc1F. The lowest BCUT2D eigenvalue weighted by Crippen LogP contribution is -2.18. The maximum Gasteiger partial charge on any atom is 0.341 e. The van der Waals surface area contributed by atoms with Crippen LogP contribution in [0.3, 0.4) is 0 Å². The summed E-state index contributed by atoms with van der Waals surface area (Å²) < 4.78 is 62.1. The first-order chi connectivity index (χ1) is 10.7. The van der Waals surface area contributed by atoms with E-state index in [1.54, 1.807) is 0 Å². The van der Waals surface area contributed by atoms with Gasteiger partial charge in [0, 0.05) is 5.56 Å². The molecule has 122 valence electrons. The van der Waals surface area contributed by atoms with Crippen molar-refractivity contribution in [3.8, 4) is 0 Å². The number of hydrogen-bond donors (Lipinski definition) is 1. The van der Waals surface area contributed by atoms with Crippen molar-refractivity contribution in [1.82, 2.24) is 0 Å². The summed E-state index contributed by atoms with van der Waals surface area (Å²) >= 11 is 0. The number of hydrogen-bond acceptors (Lipinski definition) is 3. The first-order valence-electron chi connectivity index (χ1n) is 6.42. The maximum atomic E-state index is 13.5. The lowest BCUT2D eigenvalue weighted by Gasteiger charge is -2.11. The number of aryl methyl sites for hydroxylation is 1. The number of halogens is 3. The van der Waals surface area contributed by atoms with Gasteiger partial charge in [-0.1, -0.05) is 18.2 Å². The van der Waals surface area contributed by atoms with Crippen molar-refractivity contribution in [2.75, 3.05) is 5.32 Å². The Hall–Kier alpha value is -2.35. The minimum absolute atomic E-state index is 0.0580. The van der Waals surface area contributed by atoms with E-state index in [4.69, 9.17) is 0 Å².